The molecule has 0 N–H and O–H groups in total. The lowest BCUT2D eigenvalue weighted by atomic mass is 9.79. The zero-order valence-corrected chi connectivity index (χ0v) is 39.3. The lowest BCUT2D eigenvalue weighted by molar-refractivity contribution is -0.119. The van der Waals surface area contributed by atoms with Crippen molar-refractivity contribution in [1.29, 1.82) is 0 Å². The van der Waals surface area contributed by atoms with Crippen LogP contribution >= 0.6 is 7.92 Å². The monoisotopic (exact) mass is 808 g/mol. The molecule has 5 aromatic rings. The van der Waals surface area contributed by atoms with Gasteiger partial charge in [-0.05, 0) is 120 Å². The van der Waals surface area contributed by atoms with E-state index in [4.69, 9.17) is 9.47 Å². The maximum absolute atomic E-state index is 13.8. The highest BCUT2D eigenvalue weighted by Crippen LogP contribution is 2.60. The van der Waals surface area contributed by atoms with Gasteiger partial charge in [-0.1, -0.05) is 170 Å². The molecule has 1 heterocycles. The third-order valence-electron chi connectivity index (χ3n) is 12.7. The maximum Gasteiger partial charge on any atom is 0.134 e. The van der Waals surface area contributed by atoms with Gasteiger partial charge in [-0.2, -0.15) is 0 Å². The highest BCUT2D eigenvalue weighted by molar-refractivity contribution is 7.68. The molecule has 0 saturated carbocycles. The molecule has 0 radical (unpaired) electrons. The third kappa shape index (κ3) is 8.84. The summed E-state index contributed by atoms with van der Waals surface area (Å²) in [6.07, 6.45) is 1.31. The van der Waals surface area contributed by atoms with E-state index in [-0.39, 0.29) is 35.0 Å². The van der Waals surface area contributed by atoms with Gasteiger partial charge in [0.15, 0.2) is 0 Å². The Bertz CT molecular complexity index is 2060. The van der Waals surface area contributed by atoms with E-state index in [1.165, 1.54) is 60.9 Å². The maximum atomic E-state index is 13.8. The SMILES string of the molecule is COc1ccccc1-c1cc(C(C)C)c(-c2cccc(-c3c(C(C)C)cc(-c4ccccc4OC)cc3C(C)C)c2P2C(C(C)C)CC(=O)CC2C(C)C)c(C(C)C)c1. The van der Waals surface area contributed by atoms with Crippen molar-refractivity contribution in [3.8, 4) is 56.0 Å². The fourth-order valence-electron chi connectivity index (χ4n) is 9.56. The lowest BCUT2D eigenvalue weighted by Crippen LogP contribution is -2.38. The molecule has 1 fully saturated rings. The van der Waals surface area contributed by atoms with Crippen LogP contribution in [0.5, 0.6) is 11.5 Å². The van der Waals surface area contributed by atoms with Crippen LogP contribution in [0.2, 0.25) is 0 Å². The summed E-state index contributed by atoms with van der Waals surface area (Å²) in [5.74, 6) is 4.04. The van der Waals surface area contributed by atoms with Gasteiger partial charge in [0.1, 0.15) is 17.3 Å². The summed E-state index contributed by atoms with van der Waals surface area (Å²) in [5.41, 5.74) is 16.1. The van der Waals surface area contributed by atoms with E-state index in [1.54, 1.807) is 14.2 Å². The molecule has 59 heavy (non-hydrogen) atoms. The van der Waals surface area contributed by atoms with Gasteiger partial charge in [0.25, 0.3) is 0 Å². The first-order valence-electron chi connectivity index (χ1n) is 22.2. The molecule has 0 amide bonds. The Morgan fingerprint density at radius 3 is 1.10 bits per heavy atom. The zero-order chi connectivity index (χ0) is 42.9. The van der Waals surface area contributed by atoms with Gasteiger partial charge >= 0.3 is 0 Å². The predicted octanol–water partition coefficient (Wildman–Crippen LogP) is 15.4. The van der Waals surface area contributed by atoms with Crippen LogP contribution in [0.15, 0.2) is 91.0 Å². The summed E-state index contributed by atoms with van der Waals surface area (Å²) in [5, 5.41) is 1.50. The van der Waals surface area contributed by atoms with E-state index in [1.807, 2.05) is 12.1 Å². The Morgan fingerprint density at radius 2 is 0.797 bits per heavy atom. The van der Waals surface area contributed by atoms with Crippen LogP contribution in [0.1, 0.15) is 142 Å². The first-order valence-corrected chi connectivity index (χ1v) is 23.6. The molecule has 0 spiro atoms. The van der Waals surface area contributed by atoms with Crippen LogP contribution in [0.4, 0.5) is 0 Å². The zero-order valence-electron chi connectivity index (χ0n) is 38.4. The fourth-order valence-corrected chi connectivity index (χ4v) is 13.7. The number of carbonyl (C=O) groups is 1. The van der Waals surface area contributed by atoms with Crippen LogP contribution in [-0.4, -0.2) is 31.3 Å². The van der Waals surface area contributed by atoms with E-state index in [0.29, 0.717) is 30.5 Å². The quantitative estimate of drug-likeness (QED) is 0.111. The third-order valence-corrected chi connectivity index (χ3v) is 16.7. The van der Waals surface area contributed by atoms with Crippen LogP contribution in [0.25, 0.3) is 44.5 Å². The summed E-state index contributed by atoms with van der Waals surface area (Å²) in [6.45, 7) is 28.2. The van der Waals surface area contributed by atoms with Crippen LogP contribution in [0, 0.1) is 11.8 Å². The molecule has 6 rings (SSSR count). The number of para-hydroxylation sites is 2. The Balaban J connectivity index is 1.81. The summed E-state index contributed by atoms with van der Waals surface area (Å²) >= 11 is 0. The van der Waals surface area contributed by atoms with Crippen LogP contribution < -0.4 is 14.8 Å². The second-order valence-electron chi connectivity index (χ2n) is 18.8. The highest BCUT2D eigenvalue weighted by Gasteiger charge is 2.43. The number of methoxy groups -OCH3 is 2. The molecule has 312 valence electrons. The molecule has 0 aliphatic carbocycles. The summed E-state index contributed by atoms with van der Waals surface area (Å²) in [4.78, 5) is 13.8. The number of hydrogen-bond donors (Lipinski definition) is 0. The van der Waals surface area contributed by atoms with Crippen LogP contribution in [-0.2, 0) is 4.79 Å². The number of benzene rings is 5. The number of Topliss-reactive ketones (excluding diaryl/α,β-unsaturated/α-hetero) is 1. The molecule has 5 aromatic carbocycles. The van der Waals surface area contributed by atoms with Gasteiger partial charge in [-0.3, -0.25) is 4.79 Å². The summed E-state index contributed by atoms with van der Waals surface area (Å²) < 4.78 is 11.9. The van der Waals surface area contributed by atoms with Crippen molar-refractivity contribution in [1.82, 2.24) is 0 Å². The van der Waals surface area contributed by atoms with Gasteiger partial charge < -0.3 is 9.47 Å². The minimum atomic E-state index is -0.794. The van der Waals surface area contributed by atoms with Crippen molar-refractivity contribution in [3.63, 3.8) is 0 Å². The Kier molecular flexibility index (Phi) is 14.0. The number of rotatable bonds is 13. The summed E-state index contributed by atoms with van der Waals surface area (Å²) in [6, 6.07) is 33.8. The molecular weight excluding hydrogens is 740 g/mol. The van der Waals surface area contributed by atoms with E-state index in [0.717, 1.165) is 22.6 Å². The molecule has 3 nitrogen and oxygen atoms in total. The van der Waals surface area contributed by atoms with Gasteiger partial charge in [-0.15, -0.1) is 0 Å². The highest BCUT2D eigenvalue weighted by atomic mass is 31.1. The van der Waals surface area contributed by atoms with Crippen molar-refractivity contribution in [2.75, 3.05) is 14.2 Å². The van der Waals surface area contributed by atoms with Crippen molar-refractivity contribution in [3.05, 3.63) is 113 Å². The molecule has 1 saturated heterocycles. The van der Waals surface area contributed by atoms with E-state index >= 15 is 0 Å². The van der Waals surface area contributed by atoms with Crippen molar-refractivity contribution < 1.29 is 14.3 Å². The largest absolute Gasteiger partial charge is 0.496 e. The first-order chi connectivity index (χ1) is 28.1. The Morgan fingerprint density at radius 1 is 0.475 bits per heavy atom. The van der Waals surface area contributed by atoms with Gasteiger partial charge in [0.2, 0.25) is 0 Å². The second-order valence-corrected chi connectivity index (χ2v) is 21.3. The second kappa shape index (κ2) is 18.6. The standard InChI is InChI=1S/C55H69O3P/c1-32(2)45-26-38(41-20-15-17-24-49(41)57-13)27-46(33(3)4)53(45)43-22-19-23-44(55(43)59-51(36(9)10)30-40(56)31-52(59)37(11)12)54-47(34(5)6)28-39(29-48(54)35(7)8)42-21-16-18-25-50(42)58-14/h15-29,32-37,51-52H,30-31H2,1-14H3. The number of carbonyl (C=O) groups excluding carboxylic acids is 1. The number of ketones is 1. The minimum Gasteiger partial charge on any atom is -0.496 e. The van der Waals surface area contributed by atoms with Gasteiger partial charge in [0, 0.05) is 24.0 Å². The lowest BCUT2D eigenvalue weighted by Gasteiger charge is -2.44. The van der Waals surface area contributed by atoms with Crippen molar-refractivity contribution >= 4 is 19.0 Å². The smallest absolute Gasteiger partial charge is 0.134 e. The molecular formula is C55H69O3P. The molecule has 0 bridgehead atoms. The minimum absolute atomic E-state index is 0.272. The molecule has 2 unspecified atom stereocenters. The van der Waals surface area contributed by atoms with Crippen molar-refractivity contribution in [2.24, 2.45) is 11.8 Å². The van der Waals surface area contributed by atoms with E-state index in [2.05, 4.69) is 162 Å². The number of ether oxygens (including phenoxy) is 2. The molecule has 2 atom stereocenters. The summed E-state index contributed by atoms with van der Waals surface area (Å²) in [7, 11) is 2.74. The average molecular weight is 809 g/mol. The molecule has 0 aromatic heterocycles. The van der Waals surface area contributed by atoms with Crippen LogP contribution in [0.3, 0.4) is 0 Å². The fraction of sp³-hybridized carbons (Fsp3) is 0.436. The predicted molar refractivity (Wildman–Crippen MR) is 256 cm³/mol. The molecule has 4 heteroatoms. The number of hydrogen-bond acceptors (Lipinski definition) is 3. The van der Waals surface area contributed by atoms with E-state index < -0.39 is 7.92 Å². The van der Waals surface area contributed by atoms with Crippen molar-refractivity contribution in [2.45, 2.75) is 131 Å². The van der Waals surface area contributed by atoms with Gasteiger partial charge in [-0.25, -0.2) is 0 Å². The van der Waals surface area contributed by atoms with Gasteiger partial charge in [0.05, 0.1) is 14.2 Å². The Labute approximate surface area is 358 Å². The average Bonchev–Trinajstić information content (AvgIpc) is 3.21. The normalized spacial score (nSPS) is 17.3. The molecule has 1 aliphatic rings. The Hall–Kier alpha value is -4.20. The van der Waals surface area contributed by atoms with E-state index in [9.17, 15) is 4.79 Å². The molecule has 1 aliphatic heterocycles. The first kappa shape index (κ1) is 44.4. The topological polar surface area (TPSA) is 35.5 Å².